The van der Waals surface area contributed by atoms with Crippen LogP contribution >= 0.6 is 0 Å². The van der Waals surface area contributed by atoms with Crippen molar-refractivity contribution in [3.63, 3.8) is 0 Å². The Balaban J connectivity index is 2.16. The molecule has 2 aromatic carbocycles. The Morgan fingerprint density at radius 2 is 1.89 bits per heavy atom. The summed E-state index contributed by atoms with van der Waals surface area (Å²) in [6, 6.07) is 12.3. The van der Waals surface area contributed by atoms with Crippen LogP contribution in [0, 0.1) is 17.6 Å². The van der Waals surface area contributed by atoms with E-state index >= 15 is 0 Å². The van der Waals surface area contributed by atoms with Crippen molar-refractivity contribution in [2.45, 2.75) is 39.3 Å². The SMILES string of the molecule is CCCC1(c2ccccc2)OC(c2cc(F)ccc2F)=NN1C(=O)C(C)C. The smallest absolute Gasteiger partial charge is 0.249 e. The van der Waals surface area contributed by atoms with Crippen molar-refractivity contribution in [2.24, 2.45) is 11.0 Å². The minimum absolute atomic E-state index is 0.0988. The Bertz CT molecular complexity index is 868. The Labute approximate surface area is 157 Å². The molecule has 0 radical (unpaired) electrons. The molecular formula is C21H22F2N2O2. The van der Waals surface area contributed by atoms with E-state index < -0.39 is 17.4 Å². The first-order chi connectivity index (χ1) is 12.9. The van der Waals surface area contributed by atoms with Crippen molar-refractivity contribution in [2.75, 3.05) is 0 Å². The minimum Gasteiger partial charge on any atom is -0.443 e. The molecule has 0 bridgehead atoms. The molecule has 1 atom stereocenters. The number of carbonyl (C=O) groups excluding carboxylic acids is 1. The van der Waals surface area contributed by atoms with Crippen LogP contribution < -0.4 is 0 Å². The van der Waals surface area contributed by atoms with Crippen molar-refractivity contribution >= 4 is 11.8 Å². The van der Waals surface area contributed by atoms with Crippen LogP contribution in [0.5, 0.6) is 0 Å². The second kappa shape index (κ2) is 7.47. The van der Waals surface area contributed by atoms with Gasteiger partial charge in [0.05, 0.1) is 5.56 Å². The van der Waals surface area contributed by atoms with E-state index in [2.05, 4.69) is 5.10 Å². The second-order valence-electron chi connectivity index (χ2n) is 6.84. The summed E-state index contributed by atoms with van der Waals surface area (Å²) in [7, 11) is 0. The lowest BCUT2D eigenvalue weighted by molar-refractivity contribution is -0.156. The standard InChI is InChI=1S/C21H22F2N2O2/c1-4-12-21(15-8-6-5-7-9-15)25(20(26)14(2)3)24-19(27-21)17-13-16(22)10-11-18(17)23/h5-11,13-14H,4,12H2,1-3H3. The molecule has 1 heterocycles. The van der Waals surface area contributed by atoms with E-state index in [1.165, 1.54) is 5.01 Å². The molecule has 1 aliphatic heterocycles. The number of ether oxygens (including phenoxy) is 1. The lowest BCUT2D eigenvalue weighted by Crippen LogP contribution is -2.46. The third kappa shape index (κ3) is 3.44. The van der Waals surface area contributed by atoms with Gasteiger partial charge in [0.15, 0.2) is 0 Å². The highest BCUT2D eigenvalue weighted by atomic mass is 19.1. The van der Waals surface area contributed by atoms with Gasteiger partial charge >= 0.3 is 0 Å². The summed E-state index contributed by atoms with van der Waals surface area (Å²) >= 11 is 0. The maximum absolute atomic E-state index is 14.3. The highest BCUT2D eigenvalue weighted by Gasteiger charge is 2.50. The average molecular weight is 372 g/mol. The van der Waals surface area contributed by atoms with Crippen LogP contribution in [0.25, 0.3) is 0 Å². The van der Waals surface area contributed by atoms with Crippen molar-refractivity contribution in [1.82, 2.24) is 5.01 Å². The first kappa shape index (κ1) is 19.0. The summed E-state index contributed by atoms with van der Waals surface area (Å²) < 4.78 is 34.1. The molecule has 0 spiro atoms. The zero-order chi connectivity index (χ0) is 19.6. The molecule has 3 rings (SSSR count). The van der Waals surface area contributed by atoms with E-state index in [-0.39, 0.29) is 23.3 Å². The fraction of sp³-hybridized carbons (Fsp3) is 0.333. The summed E-state index contributed by atoms with van der Waals surface area (Å²) in [4.78, 5) is 12.9. The maximum Gasteiger partial charge on any atom is 0.249 e. The molecule has 27 heavy (non-hydrogen) atoms. The Morgan fingerprint density at radius 3 is 2.52 bits per heavy atom. The Kier molecular flexibility index (Phi) is 5.26. The number of carbonyl (C=O) groups is 1. The predicted octanol–water partition coefficient (Wildman–Crippen LogP) is 4.79. The second-order valence-corrected chi connectivity index (χ2v) is 6.84. The summed E-state index contributed by atoms with van der Waals surface area (Å²) in [6.45, 7) is 5.49. The van der Waals surface area contributed by atoms with Crippen molar-refractivity contribution < 1.29 is 18.3 Å². The van der Waals surface area contributed by atoms with Gasteiger partial charge in [0.2, 0.25) is 17.5 Å². The summed E-state index contributed by atoms with van der Waals surface area (Å²) in [6.07, 6.45) is 1.16. The van der Waals surface area contributed by atoms with Crippen LogP contribution in [0.2, 0.25) is 0 Å². The Morgan fingerprint density at radius 1 is 1.19 bits per heavy atom. The summed E-state index contributed by atoms with van der Waals surface area (Å²) in [5.74, 6) is -1.95. The van der Waals surface area contributed by atoms with Gasteiger partial charge < -0.3 is 4.74 Å². The molecule has 1 amide bonds. The number of rotatable bonds is 5. The lowest BCUT2D eigenvalue weighted by atomic mass is 9.96. The van der Waals surface area contributed by atoms with Gasteiger partial charge in [-0.15, -0.1) is 5.10 Å². The van der Waals surface area contributed by atoms with Gasteiger partial charge in [0.1, 0.15) is 11.6 Å². The van der Waals surface area contributed by atoms with Crippen LogP contribution in [0.3, 0.4) is 0 Å². The van der Waals surface area contributed by atoms with E-state index in [0.717, 1.165) is 23.8 Å². The molecule has 142 valence electrons. The van der Waals surface area contributed by atoms with Gasteiger partial charge in [-0.2, -0.15) is 5.01 Å². The molecule has 4 nitrogen and oxygen atoms in total. The molecule has 0 aromatic heterocycles. The van der Waals surface area contributed by atoms with Crippen molar-refractivity contribution in [1.29, 1.82) is 0 Å². The van der Waals surface area contributed by atoms with Crippen LogP contribution in [0.15, 0.2) is 53.6 Å². The molecule has 1 aliphatic rings. The first-order valence-electron chi connectivity index (χ1n) is 9.01. The maximum atomic E-state index is 14.3. The van der Waals surface area contributed by atoms with E-state index in [4.69, 9.17) is 4.74 Å². The van der Waals surface area contributed by atoms with E-state index in [9.17, 15) is 13.6 Å². The highest BCUT2D eigenvalue weighted by molar-refractivity contribution is 5.97. The molecule has 0 aliphatic carbocycles. The van der Waals surface area contributed by atoms with E-state index in [0.29, 0.717) is 12.8 Å². The minimum atomic E-state index is -1.19. The molecule has 0 saturated carbocycles. The van der Waals surface area contributed by atoms with E-state index in [1.807, 2.05) is 37.3 Å². The third-order valence-electron chi connectivity index (χ3n) is 4.47. The quantitative estimate of drug-likeness (QED) is 0.757. The van der Waals surface area contributed by atoms with Gasteiger partial charge in [0.25, 0.3) is 0 Å². The normalized spacial score (nSPS) is 19.2. The predicted molar refractivity (Wildman–Crippen MR) is 98.7 cm³/mol. The average Bonchev–Trinajstić information content (AvgIpc) is 3.04. The fourth-order valence-corrected chi connectivity index (χ4v) is 3.16. The summed E-state index contributed by atoms with van der Waals surface area (Å²) in [5.41, 5.74) is -0.562. The molecule has 0 N–H and O–H groups in total. The number of hydrazone groups is 1. The first-order valence-corrected chi connectivity index (χ1v) is 9.01. The monoisotopic (exact) mass is 372 g/mol. The molecule has 6 heteroatoms. The van der Waals surface area contributed by atoms with Gasteiger partial charge in [-0.05, 0) is 18.2 Å². The van der Waals surface area contributed by atoms with Crippen molar-refractivity contribution in [3.8, 4) is 0 Å². The third-order valence-corrected chi connectivity index (χ3v) is 4.47. The number of hydrogen-bond donors (Lipinski definition) is 0. The molecule has 2 aromatic rings. The molecule has 0 saturated heterocycles. The number of halogens is 2. The number of hydrogen-bond acceptors (Lipinski definition) is 3. The van der Waals surface area contributed by atoms with Crippen molar-refractivity contribution in [3.05, 3.63) is 71.3 Å². The number of amides is 1. The van der Waals surface area contributed by atoms with Gasteiger partial charge in [0, 0.05) is 17.9 Å². The van der Waals surface area contributed by atoms with Crippen LogP contribution in [-0.4, -0.2) is 16.8 Å². The van der Waals surface area contributed by atoms with Gasteiger partial charge in [-0.3, -0.25) is 4.79 Å². The largest absolute Gasteiger partial charge is 0.443 e. The van der Waals surface area contributed by atoms with Crippen LogP contribution in [-0.2, 0) is 15.3 Å². The zero-order valence-electron chi connectivity index (χ0n) is 15.6. The molecular weight excluding hydrogens is 350 g/mol. The zero-order valence-corrected chi connectivity index (χ0v) is 15.6. The fourth-order valence-electron chi connectivity index (χ4n) is 3.16. The van der Waals surface area contributed by atoms with Crippen LogP contribution in [0.4, 0.5) is 8.78 Å². The van der Waals surface area contributed by atoms with Crippen LogP contribution in [0.1, 0.15) is 44.7 Å². The van der Waals surface area contributed by atoms with Gasteiger partial charge in [-0.25, -0.2) is 8.78 Å². The number of benzene rings is 2. The van der Waals surface area contributed by atoms with E-state index in [1.54, 1.807) is 13.8 Å². The van der Waals surface area contributed by atoms with Gasteiger partial charge in [-0.1, -0.05) is 57.5 Å². The summed E-state index contributed by atoms with van der Waals surface area (Å²) in [5, 5.41) is 5.59. The lowest BCUT2D eigenvalue weighted by Gasteiger charge is -2.36. The Hall–Kier alpha value is -2.76. The number of nitrogens with zero attached hydrogens (tertiary/aromatic N) is 2. The molecule has 1 unspecified atom stereocenters. The molecule has 0 fully saturated rings. The highest BCUT2D eigenvalue weighted by Crippen LogP contribution is 2.41. The topological polar surface area (TPSA) is 41.9 Å².